The number of nitrogens with one attached hydrogen (secondary N) is 1. The number of rotatable bonds is 3. The molecule has 4 nitrogen and oxygen atoms in total. The summed E-state index contributed by atoms with van der Waals surface area (Å²) in [4.78, 5) is 16.0. The first-order valence-corrected chi connectivity index (χ1v) is 8.63. The van der Waals surface area contributed by atoms with Crippen molar-refractivity contribution >= 4 is 11.6 Å². The van der Waals surface area contributed by atoms with E-state index in [1.807, 2.05) is 4.90 Å². The highest BCUT2D eigenvalue weighted by molar-refractivity contribution is 5.73. The summed E-state index contributed by atoms with van der Waals surface area (Å²) in [6.07, 6.45) is 4.48. The topological polar surface area (TPSA) is 35.6 Å². The Morgan fingerprint density at radius 1 is 1.13 bits per heavy atom. The van der Waals surface area contributed by atoms with Crippen molar-refractivity contribution in [2.24, 2.45) is 0 Å². The molecule has 23 heavy (non-hydrogen) atoms. The van der Waals surface area contributed by atoms with E-state index >= 15 is 0 Å². The van der Waals surface area contributed by atoms with E-state index in [2.05, 4.69) is 10.2 Å². The van der Waals surface area contributed by atoms with Crippen LogP contribution in [0.4, 0.5) is 10.1 Å². The van der Waals surface area contributed by atoms with Crippen LogP contribution in [0.25, 0.3) is 0 Å². The van der Waals surface area contributed by atoms with Crippen LogP contribution in [-0.2, 0) is 4.79 Å². The third-order valence-corrected chi connectivity index (χ3v) is 5.09. The van der Waals surface area contributed by atoms with Crippen molar-refractivity contribution < 1.29 is 9.18 Å². The van der Waals surface area contributed by atoms with Crippen LogP contribution in [0.5, 0.6) is 0 Å². The minimum absolute atomic E-state index is 0.193. The smallest absolute Gasteiger partial charge is 0.219 e. The molecule has 3 rings (SSSR count). The summed E-state index contributed by atoms with van der Waals surface area (Å²) in [5, 5.41) is 3.53. The summed E-state index contributed by atoms with van der Waals surface area (Å²) in [6.45, 7) is 5.59. The first kappa shape index (κ1) is 16.2. The van der Waals surface area contributed by atoms with Crippen molar-refractivity contribution in [3.63, 3.8) is 0 Å². The minimum atomic E-state index is -0.196. The molecule has 0 bridgehead atoms. The Morgan fingerprint density at radius 3 is 2.48 bits per heavy atom. The molecule has 1 amide bonds. The fourth-order valence-electron chi connectivity index (χ4n) is 3.78. The van der Waals surface area contributed by atoms with Crippen molar-refractivity contribution in [3.05, 3.63) is 30.1 Å². The number of likely N-dealkylation sites (tertiary alicyclic amines) is 2. The van der Waals surface area contributed by atoms with Crippen LogP contribution in [0.15, 0.2) is 24.3 Å². The van der Waals surface area contributed by atoms with Gasteiger partial charge in [-0.05, 0) is 56.5 Å². The molecule has 1 unspecified atom stereocenters. The number of amides is 1. The van der Waals surface area contributed by atoms with E-state index in [1.54, 1.807) is 19.1 Å². The fourth-order valence-corrected chi connectivity index (χ4v) is 3.78. The van der Waals surface area contributed by atoms with Gasteiger partial charge in [-0.3, -0.25) is 9.69 Å². The second-order valence-electron chi connectivity index (χ2n) is 6.72. The zero-order valence-corrected chi connectivity index (χ0v) is 13.8. The Bertz CT molecular complexity index is 526. The van der Waals surface area contributed by atoms with Gasteiger partial charge in [-0.15, -0.1) is 0 Å². The normalized spacial score (nSPS) is 23.7. The first-order valence-electron chi connectivity index (χ1n) is 8.63. The molecule has 0 radical (unpaired) electrons. The average molecular weight is 319 g/mol. The van der Waals surface area contributed by atoms with Gasteiger partial charge in [0.15, 0.2) is 0 Å². The van der Waals surface area contributed by atoms with Crippen LogP contribution in [0.1, 0.15) is 32.6 Å². The maximum atomic E-state index is 13.0. The molecule has 1 N–H and O–H groups in total. The lowest BCUT2D eigenvalue weighted by molar-refractivity contribution is -0.130. The predicted molar refractivity (Wildman–Crippen MR) is 89.9 cm³/mol. The van der Waals surface area contributed by atoms with Gasteiger partial charge in [0.05, 0.1) is 0 Å². The largest absolute Gasteiger partial charge is 0.381 e. The van der Waals surface area contributed by atoms with E-state index in [0.717, 1.165) is 51.1 Å². The fraction of sp³-hybridized carbons (Fsp3) is 0.611. The zero-order chi connectivity index (χ0) is 16.2. The predicted octanol–water partition coefficient (Wildman–Crippen LogP) is 2.71. The van der Waals surface area contributed by atoms with Gasteiger partial charge in [-0.2, -0.15) is 0 Å². The molecule has 1 aromatic carbocycles. The summed E-state index contributed by atoms with van der Waals surface area (Å²) in [6, 6.07) is 7.61. The highest BCUT2D eigenvalue weighted by Crippen LogP contribution is 2.23. The number of hydrogen-bond acceptors (Lipinski definition) is 3. The number of benzene rings is 1. The molecule has 2 fully saturated rings. The molecule has 1 atom stereocenters. The first-order chi connectivity index (χ1) is 11.1. The Kier molecular flexibility index (Phi) is 5.16. The van der Waals surface area contributed by atoms with Gasteiger partial charge >= 0.3 is 0 Å². The molecule has 2 saturated heterocycles. The van der Waals surface area contributed by atoms with Gasteiger partial charge in [0, 0.05) is 44.3 Å². The molecule has 0 aliphatic carbocycles. The lowest BCUT2D eigenvalue weighted by Gasteiger charge is -2.42. The molecule has 2 aliphatic rings. The number of carbonyl (C=O) groups excluding carboxylic acids is 1. The molecule has 5 heteroatoms. The lowest BCUT2D eigenvalue weighted by Crippen LogP contribution is -2.51. The number of halogens is 1. The number of nitrogens with zero attached hydrogens (tertiary/aromatic N) is 2. The standard InChI is InChI=1S/C18H26FN3O/c1-14(23)21-11-8-18(9-12-21)22-10-2-3-17(13-22)20-16-6-4-15(19)5-7-16/h4-7,17-18,20H,2-3,8-13H2,1H3. The van der Waals surface area contributed by atoms with E-state index in [1.165, 1.54) is 18.6 Å². The maximum Gasteiger partial charge on any atom is 0.219 e. The molecule has 2 aliphatic heterocycles. The van der Waals surface area contributed by atoms with Gasteiger partial charge < -0.3 is 10.2 Å². The summed E-state index contributed by atoms with van der Waals surface area (Å²) >= 11 is 0. The van der Waals surface area contributed by atoms with Crippen LogP contribution in [-0.4, -0.2) is 54.0 Å². The van der Waals surface area contributed by atoms with Crippen LogP contribution < -0.4 is 5.32 Å². The lowest BCUT2D eigenvalue weighted by atomic mass is 9.97. The van der Waals surface area contributed by atoms with E-state index in [9.17, 15) is 9.18 Å². The second-order valence-corrected chi connectivity index (χ2v) is 6.72. The third-order valence-electron chi connectivity index (χ3n) is 5.09. The van der Waals surface area contributed by atoms with Crippen LogP contribution in [0, 0.1) is 5.82 Å². The Balaban J connectivity index is 1.52. The molecular weight excluding hydrogens is 293 g/mol. The van der Waals surface area contributed by atoms with E-state index < -0.39 is 0 Å². The summed E-state index contributed by atoms with van der Waals surface area (Å²) in [5.74, 6) is -0.00370. The van der Waals surface area contributed by atoms with Crippen molar-refractivity contribution in [3.8, 4) is 0 Å². The number of anilines is 1. The zero-order valence-electron chi connectivity index (χ0n) is 13.8. The SMILES string of the molecule is CC(=O)N1CCC(N2CCCC(Nc3ccc(F)cc3)C2)CC1. The molecule has 2 heterocycles. The van der Waals surface area contributed by atoms with Gasteiger partial charge in [-0.25, -0.2) is 4.39 Å². The highest BCUT2D eigenvalue weighted by Gasteiger charge is 2.29. The van der Waals surface area contributed by atoms with Crippen molar-refractivity contribution in [2.75, 3.05) is 31.5 Å². The minimum Gasteiger partial charge on any atom is -0.381 e. The molecule has 0 saturated carbocycles. The van der Waals surface area contributed by atoms with E-state index in [4.69, 9.17) is 0 Å². The van der Waals surface area contributed by atoms with Crippen molar-refractivity contribution in [1.29, 1.82) is 0 Å². The summed E-state index contributed by atoms with van der Waals surface area (Å²) in [5.41, 5.74) is 0.990. The monoisotopic (exact) mass is 319 g/mol. The Morgan fingerprint density at radius 2 is 1.83 bits per heavy atom. The van der Waals surface area contributed by atoms with Gasteiger partial charge in [0.25, 0.3) is 0 Å². The van der Waals surface area contributed by atoms with Crippen LogP contribution in [0.3, 0.4) is 0 Å². The molecule has 0 aromatic heterocycles. The molecule has 1 aromatic rings. The molecular formula is C18H26FN3O. The number of carbonyl (C=O) groups is 1. The third kappa shape index (κ3) is 4.22. The maximum absolute atomic E-state index is 13.0. The number of piperidine rings is 2. The molecule has 126 valence electrons. The van der Waals surface area contributed by atoms with Gasteiger partial charge in [0.1, 0.15) is 5.82 Å². The Labute approximate surface area is 137 Å². The second kappa shape index (κ2) is 7.30. The number of hydrogen-bond donors (Lipinski definition) is 1. The average Bonchev–Trinajstić information content (AvgIpc) is 2.57. The van der Waals surface area contributed by atoms with Crippen molar-refractivity contribution in [2.45, 2.75) is 44.7 Å². The van der Waals surface area contributed by atoms with Crippen LogP contribution in [0.2, 0.25) is 0 Å². The summed E-state index contributed by atoms with van der Waals surface area (Å²) < 4.78 is 13.0. The van der Waals surface area contributed by atoms with Crippen LogP contribution >= 0.6 is 0 Å². The Hall–Kier alpha value is -1.62. The highest BCUT2D eigenvalue weighted by atomic mass is 19.1. The quantitative estimate of drug-likeness (QED) is 0.930. The van der Waals surface area contributed by atoms with E-state index in [-0.39, 0.29) is 11.7 Å². The van der Waals surface area contributed by atoms with Gasteiger partial charge in [0.2, 0.25) is 5.91 Å². The van der Waals surface area contributed by atoms with Gasteiger partial charge in [-0.1, -0.05) is 0 Å². The summed E-state index contributed by atoms with van der Waals surface area (Å²) in [7, 11) is 0. The van der Waals surface area contributed by atoms with Crippen molar-refractivity contribution in [1.82, 2.24) is 9.80 Å². The molecule has 0 spiro atoms. The van der Waals surface area contributed by atoms with E-state index in [0.29, 0.717) is 12.1 Å².